The van der Waals surface area contributed by atoms with Gasteiger partial charge in [-0.05, 0) is 58.5 Å². The Morgan fingerprint density at radius 3 is 2.33 bits per heavy atom. The second-order valence-corrected chi connectivity index (χ2v) is 6.73. The van der Waals surface area contributed by atoms with E-state index in [0.29, 0.717) is 0 Å². The van der Waals surface area contributed by atoms with Gasteiger partial charge in [0.1, 0.15) is 0 Å². The Labute approximate surface area is 139 Å². The number of piperazine rings is 1. The molecule has 0 radical (unpaired) electrons. The predicted molar refractivity (Wildman–Crippen MR) is 97.5 cm³/mol. The fourth-order valence-corrected chi connectivity index (χ4v) is 3.09. The summed E-state index contributed by atoms with van der Waals surface area (Å²) in [7, 11) is 0. The summed E-state index contributed by atoms with van der Waals surface area (Å²) >= 11 is 2.35. The average Bonchev–Trinajstić information content (AvgIpc) is 2.50. The van der Waals surface area contributed by atoms with E-state index in [2.05, 4.69) is 68.8 Å². The van der Waals surface area contributed by atoms with Crippen LogP contribution in [0.2, 0.25) is 0 Å². The van der Waals surface area contributed by atoms with Crippen molar-refractivity contribution in [3.05, 3.63) is 57.7 Å². The molecule has 0 amide bonds. The van der Waals surface area contributed by atoms with Crippen LogP contribution in [-0.2, 0) is 6.54 Å². The molecular formula is C17H20IN3. The van der Waals surface area contributed by atoms with Gasteiger partial charge in [0, 0.05) is 47.7 Å². The summed E-state index contributed by atoms with van der Waals surface area (Å²) in [6, 6.07) is 17.0. The first-order valence-corrected chi connectivity index (χ1v) is 8.36. The molecule has 1 aliphatic rings. The minimum Gasteiger partial charge on any atom is -0.399 e. The van der Waals surface area contributed by atoms with Crippen molar-refractivity contribution >= 4 is 34.0 Å². The van der Waals surface area contributed by atoms with E-state index in [4.69, 9.17) is 5.73 Å². The van der Waals surface area contributed by atoms with Crippen molar-refractivity contribution in [3.8, 4) is 0 Å². The van der Waals surface area contributed by atoms with Crippen molar-refractivity contribution in [3.63, 3.8) is 0 Å². The lowest BCUT2D eigenvalue weighted by Crippen LogP contribution is -2.45. The van der Waals surface area contributed by atoms with Crippen LogP contribution in [0.3, 0.4) is 0 Å². The summed E-state index contributed by atoms with van der Waals surface area (Å²) < 4.78 is 1.29. The molecule has 3 rings (SSSR count). The molecule has 0 unspecified atom stereocenters. The smallest absolute Gasteiger partial charge is 0.0387 e. The third kappa shape index (κ3) is 3.89. The molecule has 0 saturated carbocycles. The maximum Gasteiger partial charge on any atom is 0.0387 e. The van der Waals surface area contributed by atoms with Crippen LogP contribution in [0.25, 0.3) is 0 Å². The zero-order chi connectivity index (χ0) is 14.7. The molecular weight excluding hydrogens is 373 g/mol. The number of nitrogens with two attached hydrogens (primary N) is 1. The van der Waals surface area contributed by atoms with Crippen molar-refractivity contribution in [2.75, 3.05) is 36.8 Å². The maximum atomic E-state index is 5.87. The summed E-state index contributed by atoms with van der Waals surface area (Å²) in [5, 5.41) is 0. The Kier molecular flexibility index (Phi) is 4.65. The highest BCUT2D eigenvalue weighted by Gasteiger charge is 2.17. The fourth-order valence-electron chi connectivity index (χ4n) is 2.73. The average molecular weight is 393 g/mol. The van der Waals surface area contributed by atoms with Gasteiger partial charge in [0.15, 0.2) is 0 Å². The van der Waals surface area contributed by atoms with Crippen molar-refractivity contribution in [2.24, 2.45) is 0 Å². The Morgan fingerprint density at radius 2 is 1.67 bits per heavy atom. The lowest BCUT2D eigenvalue weighted by Gasteiger charge is -2.36. The molecule has 1 aliphatic heterocycles. The summed E-state index contributed by atoms with van der Waals surface area (Å²) in [6.07, 6.45) is 0. The van der Waals surface area contributed by atoms with Gasteiger partial charge in [-0.2, -0.15) is 0 Å². The van der Waals surface area contributed by atoms with E-state index in [9.17, 15) is 0 Å². The molecule has 0 bridgehead atoms. The highest BCUT2D eigenvalue weighted by atomic mass is 127. The van der Waals surface area contributed by atoms with Crippen LogP contribution in [0.15, 0.2) is 48.5 Å². The highest BCUT2D eigenvalue weighted by molar-refractivity contribution is 14.1. The standard InChI is InChI=1S/C17H20IN3/c18-15-6-4-14(5-7-15)13-20-8-10-21(11-9-20)17-3-1-2-16(19)12-17/h1-7,12H,8-11,13,19H2. The molecule has 0 aromatic heterocycles. The minimum atomic E-state index is 0.841. The number of hydrogen-bond acceptors (Lipinski definition) is 3. The van der Waals surface area contributed by atoms with Crippen LogP contribution in [0.4, 0.5) is 11.4 Å². The Hall–Kier alpha value is -1.27. The Morgan fingerprint density at radius 1 is 0.952 bits per heavy atom. The molecule has 2 N–H and O–H groups in total. The molecule has 1 saturated heterocycles. The first kappa shape index (κ1) is 14.7. The third-order valence-electron chi connectivity index (χ3n) is 3.93. The lowest BCUT2D eigenvalue weighted by molar-refractivity contribution is 0.250. The van der Waals surface area contributed by atoms with E-state index in [1.54, 1.807) is 0 Å². The van der Waals surface area contributed by atoms with E-state index < -0.39 is 0 Å². The molecule has 3 nitrogen and oxygen atoms in total. The van der Waals surface area contributed by atoms with Crippen molar-refractivity contribution in [1.29, 1.82) is 0 Å². The highest BCUT2D eigenvalue weighted by Crippen LogP contribution is 2.20. The minimum absolute atomic E-state index is 0.841. The number of benzene rings is 2. The van der Waals surface area contributed by atoms with Crippen LogP contribution in [0.5, 0.6) is 0 Å². The topological polar surface area (TPSA) is 32.5 Å². The van der Waals surface area contributed by atoms with Crippen LogP contribution < -0.4 is 10.6 Å². The number of rotatable bonds is 3. The number of anilines is 2. The van der Waals surface area contributed by atoms with Crippen molar-refractivity contribution in [1.82, 2.24) is 4.90 Å². The molecule has 4 heteroatoms. The Balaban J connectivity index is 1.56. The fraction of sp³-hybridized carbons (Fsp3) is 0.294. The summed E-state index contributed by atoms with van der Waals surface area (Å²) in [6.45, 7) is 5.37. The molecule has 110 valence electrons. The van der Waals surface area contributed by atoms with Gasteiger partial charge in [-0.15, -0.1) is 0 Å². The summed E-state index contributed by atoms with van der Waals surface area (Å²) in [5.41, 5.74) is 9.35. The summed E-state index contributed by atoms with van der Waals surface area (Å²) in [4.78, 5) is 4.94. The second-order valence-electron chi connectivity index (χ2n) is 5.48. The molecule has 2 aromatic rings. The van der Waals surface area contributed by atoms with Gasteiger partial charge in [-0.1, -0.05) is 18.2 Å². The van der Waals surface area contributed by atoms with E-state index in [0.717, 1.165) is 38.4 Å². The van der Waals surface area contributed by atoms with E-state index in [1.807, 2.05) is 12.1 Å². The number of nitrogens with zero attached hydrogens (tertiary/aromatic N) is 2. The van der Waals surface area contributed by atoms with Crippen molar-refractivity contribution < 1.29 is 0 Å². The van der Waals surface area contributed by atoms with Crippen molar-refractivity contribution in [2.45, 2.75) is 6.54 Å². The van der Waals surface area contributed by atoms with Gasteiger partial charge in [0.05, 0.1) is 0 Å². The van der Waals surface area contributed by atoms with Gasteiger partial charge in [-0.25, -0.2) is 0 Å². The van der Waals surface area contributed by atoms with Gasteiger partial charge >= 0.3 is 0 Å². The van der Waals surface area contributed by atoms with Gasteiger partial charge in [-0.3, -0.25) is 4.90 Å². The summed E-state index contributed by atoms with van der Waals surface area (Å²) in [5.74, 6) is 0. The molecule has 1 heterocycles. The Bertz CT molecular complexity index is 589. The quantitative estimate of drug-likeness (QED) is 0.642. The molecule has 0 aliphatic carbocycles. The molecule has 2 aromatic carbocycles. The number of hydrogen-bond donors (Lipinski definition) is 1. The molecule has 0 spiro atoms. The first-order valence-electron chi connectivity index (χ1n) is 7.28. The van der Waals surface area contributed by atoms with Crippen LogP contribution in [0.1, 0.15) is 5.56 Å². The zero-order valence-corrected chi connectivity index (χ0v) is 14.2. The van der Waals surface area contributed by atoms with Gasteiger partial charge in [0.2, 0.25) is 0 Å². The van der Waals surface area contributed by atoms with Gasteiger partial charge in [0.25, 0.3) is 0 Å². The van der Waals surface area contributed by atoms with Gasteiger partial charge < -0.3 is 10.6 Å². The lowest BCUT2D eigenvalue weighted by atomic mass is 10.2. The van der Waals surface area contributed by atoms with E-state index in [1.165, 1.54) is 14.8 Å². The largest absolute Gasteiger partial charge is 0.399 e. The monoisotopic (exact) mass is 393 g/mol. The number of nitrogen functional groups attached to an aromatic ring is 1. The maximum absolute atomic E-state index is 5.87. The normalized spacial score (nSPS) is 16.1. The third-order valence-corrected chi connectivity index (χ3v) is 4.65. The van der Waals surface area contributed by atoms with Crippen LogP contribution >= 0.6 is 22.6 Å². The molecule has 1 fully saturated rings. The molecule has 21 heavy (non-hydrogen) atoms. The van der Waals surface area contributed by atoms with Crippen LogP contribution in [0, 0.1) is 3.57 Å². The predicted octanol–water partition coefficient (Wildman–Crippen LogP) is 3.20. The molecule has 0 atom stereocenters. The second kappa shape index (κ2) is 6.66. The number of halogens is 1. The SMILES string of the molecule is Nc1cccc(N2CCN(Cc3ccc(I)cc3)CC2)c1. The van der Waals surface area contributed by atoms with E-state index >= 15 is 0 Å². The van der Waals surface area contributed by atoms with Crippen LogP contribution in [-0.4, -0.2) is 31.1 Å². The van der Waals surface area contributed by atoms with E-state index in [-0.39, 0.29) is 0 Å². The first-order chi connectivity index (χ1) is 10.2. The zero-order valence-electron chi connectivity index (χ0n) is 12.0.